The first-order chi connectivity index (χ1) is 9.75. The minimum Gasteiger partial charge on any atom is -0.387 e. The Hall–Kier alpha value is -0.650. The molecule has 1 N–H and O–H groups in total. The van der Waals surface area contributed by atoms with Crippen molar-refractivity contribution in [2.24, 2.45) is 0 Å². The number of rotatable bonds is 2. The third-order valence-electron chi connectivity index (χ3n) is 5.21. The van der Waals surface area contributed by atoms with Crippen molar-refractivity contribution in [2.75, 3.05) is 39.4 Å². The molecular weight excluding hydrogens is 256 g/mol. The number of carbonyl (C=O) groups is 1. The summed E-state index contributed by atoms with van der Waals surface area (Å²) in [6.45, 7) is 3.84. The number of morpholine rings is 1. The molecule has 0 radical (unpaired) electrons. The van der Waals surface area contributed by atoms with E-state index in [1.54, 1.807) is 4.90 Å². The largest absolute Gasteiger partial charge is 0.387 e. The van der Waals surface area contributed by atoms with Crippen molar-refractivity contribution < 1.29 is 14.6 Å². The lowest BCUT2D eigenvalue weighted by molar-refractivity contribution is -0.175. The van der Waals surface area contributed by atoms with Gasteiger partial charge < -0.3 is 14.7 Å². The molecule has 114 valence electrons. The summed E-state index contributed by atoms with van der Waals surface area (Å²) < 4.78 is 6.24. The quantitative estimate of drug-likeness (QED) is 0.806. The van der Waals surface area contributed by atoms with Crippen molar-refractivity contribution in [3.63, 3.8) is 0 Å². The fourth-order valence-electron chi connectivity index (χ4n) is 4.23. The molecule has 2 atom stereocenters. The zero-order valence-corrected chi connectivity index (χ0v) is 12.2. The Bertz CT molecular complexity index is 353. The summed E-state index contributed by atoms with van der Waals surface area (Å²) >= 11 is 0. The molecule has 5 heteroatoms. The molecule has 3 aliphatic rings. The number of hydrogen-bond acceptors (Lipinski definition) is 4. The molecule has 0 aromatic heterocycles. The van der Waals surface area contributed by atoms with Crippen LogP contribution in [0.3, 0.4) is 0 Å². The molecule has 3 fully saturated rings. The number of amides is 1. The maximum absolute atomic E-state index is 11.8. The van der Waals surface area contributed by atoms with Crippen molar-refractivity contribution in [1.82, 2.24) is 9.80 Å². The summed E-state index contributed by atoms with van der Waals surface area (Å²) in [4.78, 5) is 16.2. The summed E-state index contributed by atoms with van der Waals surface area (Å²) in [6, 6.07) is 0.452. The maximum atomic E-state index is 11.8. The number of likely N-dealkylation sites (tertiary alicyclic amines) is 1. The van der Waals surface area contributed by atoms with E-state index in [1.165, 1.54) is 45.2 Å². The lowest BCUT2D eigenvalue weighted by atomic mass is 9.78. The van der Waals surface area contributed by atoms with Crippen LogP contribution in [0.2, 0.25) is 0 Å². The number of aliphatic hydroxyl groups is 1. The first kappa shape index (κ1) is 14.3. The van der Waals surface area contributed by atoms with Crippen LogP contribution >= 0.6 is 0 Å². The zero-order valence-electron chi connectivity index (χ0n) is 12.2. The van der Waals surface area contributed by atoms with Crippen LogP contribution < -0.4 is 0 Å². The fourth-order valence-corrected chi connectivity index (χ4v) is 4.23. The van der Waals surface area contributed by atoms with Gasteiger partial charge in [-0.2, -0.15) is 0 Å². The highest BCUT2D eigenvalue weighted by Gasteiger charge is 2.48. The van der Waals surface area contributed by atoms with E-state index in [0.717, 1.165) is 6.42 Å². The van der Waals surface area contributed by atoms with Crippen molar-refractivity contribution in [3.8, 4) is 0 Å². The van der Waals surface area contributed by atoms with E-state index < -0.39 is 0 Å². The summed E-state index contributed by atoms with van der Waals surface area (Å²) in [5, 5.41) is 9.11. The Morgan fingerprint density at radius 2 is 2.00 bits per heavy atom. The predicted molar refractivity (Wildman–Crippen MR) is 75.4 cm³/mol. The molecule has 3 rings (SSSR count). The van der Waals surface area contributed by atoms with Gasteiger partial charge in [-0.25, -0.2) is 0 Å². The first-order valence-corrected chi connectivity index (χ1v) is 8.02. The molecule has 1 saturated carbocycles. The van der Waals surface area contributed by atoms with Crippen molar-refractivity contribution in [2.45, 2.75) is 50.2 Å². The highest BCUT2D eigenvalue weighted by molar-refractivity contribution is 5.77. The molecule has 0 bridgehead atoms. The van der Waals surface area contributed by atoms with E-state index in [2.05, 4.69) is 4.90 Å². The van der Waals surface area contributed by atoms with Gasteiger partial charge >= 0.3 is 0 Å². The smallest absolute Gasteiger partial charge is 0.248 e. The molecule has 2 unspecified atom stereocenters. The molecule has 0 aromatic rings. The average Bonchev–Trinajstić information content (AvgIpc) is 3.01. The maximum Gasteiger partial charge on any atom is 0.248 e. The molecule has 20 heavy (non-hydrogen) atoms. The van der Waals surface area contributed by atoms with E-state index in [9.17, 15) is 4.79 Å². The Kier molecular flexibility index (Phi) is 4.29. The lowest BCUT2D eigenvalue weighted by Crippen LogP contribution is -2.64. The van der Waals surface area contributed by atoms with E-state index in [-0.39, 0.29) is 18.1 Å². The molecule has 5 nitrogen and oxygen atoms in total. The first-order valence-electron chi connectivity index (χ1n) is 8.02. The third-order valence-corrected chi connectivity index (χ3v) is 5.21. The second-order valence-corrected chi connectivity index (χ2v) is 6.39. The van der Waals surface area contributed by atoms with Gasteiger partial charge in [0.25, 0.3) is 0 Å². The number of hydrogen-bond donors (Lipinski definition) is 1. The van der Waals surface area contributed by atoms with Crippen LogP contribution in [0.15, 0.2) is 0 Å². The monoisotopic (exact) mass is 282 g/mol. The minimum absolute atomic E-state index is 0.154. The van der Waals surface area contributed by atoms with E-state index in [4.69, 9.17) is 9.84 Å². The number of aliphatic hydroxyl groups excluding tert-OH is 1. The third kappa shape index (κ3) is 2.59. The molecule has 1 aliphatic carbocycles. The molecule has 2 saturated heterocycles. The van der Waals surface area contributed by atoms with Gasteiger partial charge in [-0.05, 0) is 38.8 Å². The summed E-state index contributed by atoms with van der Waals surface area (Å²) in [6.07, 6.45) is 7.24. The minimum atomic E-state index is -0.384. The fraction of sp³-hybridized carbons (Fsp3) is 0.933. The van der Waals surface area contributed by atoms with Gasteiger partial charge in [-0.3, -0.25) is 9.69 Å². The molecule has 1 spiro atoms. The highest BCUT2D eigenvalue weighted by atomic mass is 16.5. The van der Waals surface area contributed by atoms with Crippen LogP contribution in [0, 0.1) is 0 Å². The normalized spacial score (nSPS) is 35.6. The van der Waals surface area contributed by atoms with Crippen LogP contribution in [-0.4, -0.2) is 71.8 Å². The van der Waals surface area contributed by atoms with Gasteiger partial charge in [0.1, 0.15) is 12.2 Å². The van der Waals surface area contributed by atoms with Crippen molar-refractivity contribution in [1.29, 1.82) is 0 Å². The van der Waals surface area contributed by atoms with Gasteiger partial charge in [-0.15, -0.1) is 0 Å². The molecule has 1 amide bonds. The van der Waals surface area contributed by atoms with Crippen LogP contribution in [0.1, 0.15) is 38.5 Å². The summed E-state index contributed by atoms with van der Waals surface area (Å²) in [5.74, 6) is -0.154. The molecular formula is C15H26N2O3. The van der Waals surface area contributed by atoms with E-state index in [1.807, 2.05) is 0 Å². The van der Waals surface area contributed by atoms with Gasteiger partial charge in [0, 0.05) is 12.6 Å². The average molecular weight is 282 g/mol. The topological polar surface area (TPSA) is 53.0 Å². The Morgan fingerprint density at radius 3 is 2.75 bits per heavy atom. The molecule has 2 aliphatic heterocycles. The van der Waals surface area contributed by atoms with Crippen molar-refractivity contribution in [3.05, 3.63) is 0 Å². The number of nitrogens with zero attached hydrogens (tertiary/aromatic N) is 2. The van der Waals surface area contributed by atoms with Crippen molar-refractivity contribution >= 4 is 5.91 Å². The van der Waals surface area contributed by atoms with Gasteiger partial charge in [0.15, 0.2) is 0 Å². The van der Waals surface area contributed by atoms with Gasteiger partial charge in [0.05, 0.1) is 13.2 Å². The second kappa shape index (κ2) is 6.00. The second-order valence-electron chi connectivity index (χ2n) is 6.39. The molecule has 0 aromatic carbocycles. The highest BCUT2D eigenvalue weighted by Crippen LogP contribution is 2.38. The summed E-state index contributed by atoms with van der Waals surface area (Å²) in [5.41, 5.74) is -0.189. The number of ether oxygens (including phenoxy) is 1. The van der Waals surface area contributed by atoms with E-state index >= 15 is 0 Å². The lowest BCUT2D eigenvalue weighted by Gasteiger charge is -2.52. The Labute approximate surface area is 120 Å². The Balaban J connectivity index is 1.77. The van der Waals surface area contributed by atoms with Crippen LogP contribution in [0.25, 0.3) is 0 Å². The number of carbonyl (C=O) groups excluding carboxylic acids is 1. The van der Waals surface area contributed by atoms with Crippen LogP contribution in [0.5, 0.6) is 0 Å². The summed E-state index contributed by atoms with van der Waals surface area (Å²) in [7, 11) is 0. The van der Waals surface area contributed by atoms with Gasteiger partial charge in [0.2, 0.25) is 5.91 Å². The zero-order chi connectivity index (χ0) is 14.0. The van der Waals surface area contributed by atoms with Crippen LogP contribution in [-0.2, 0) is 9.53 Å². The van der Waals surface area contributed by atoms with E-state index in [0.29, 0.717) is 25.7 Å². The van der Waals surface area contributed by atoms with Gasteiger partial charge in [-0.1, -0.05) is 12.8 Å². The standard InChI is InChI=1S/C15H26N2O3/c18-11-14(19)17-9-10-20-15(12-17)6-2-1-5-13(15)16-7-3-4-8-16/h13,18H,1-12H2. The molecule has 2 heterocycles. The van der Waals surface area contributed by atoms with Crippen LogP contribution in [0.4, 0.5) is 0 Å². The SMILES string of the molecule is O=C(CO)N1CCOC2(CCCCC2N2CCCC2)C1. The Morgan fingerprint density at radius 1 is 1.20 bits per heavy atom. The predicted octanol–water partition coefficient (Wildman–Crippen LogP) is 0.615.